The van der Waals surface area contributed by atoms with Gasteiger partial charge in [-0.1, -0.05) is 6.07 Å². The highest BCUT2D eigenvalue weighted by Crippen LogP contribution is 2.24. The third-order valence-corrected chi connectivity index (χ3v) is 2.44. The number of nitrogens with one attached hydrogen (secondary N) is 1. The topological polar surface area (TPSA) is 69.2 Å². The van der Waals surface area contributed by atoms with E-state index < -0.39 is 5.82 Å². The number of ether oxygens (including phenoxy) is 2. The van der Waals surface area contributed by atoms with Gasteiger partial charge in [-0.05, 0) is 25.5 Å². The maximum atomic E-state index is 13.2. The minimum atomic E-state index is -0.390. The molecule has 0 saturated carbocycles. The Kier molecular flexibility index (Phi) is 4.29. The number of aryl methyl sites for hydroxylation is 1. The van der Waals surface area contributed by atoms with Crippen LogP contribution in [0.2, 0.25) is 0 Å². The summed E-state index contributed by atoms with van der Waals surface area (Å²) < 4.78 is 23.9. The summed E-state index contributed by atoms with van der Waals surface area (Å²) in [5, 5.41) is 2.78. The molecule has 0 spiro atoms. The van der Waals surface area contributed by atoms with Crippen LogP contribution in [0.4, 0.5) is 10.3 Å². The van der Waals surface area contributed by atoms with Gasteiger partial charge in [0.05, 0.1) is 6.61 Å². The Bertz CT molecular complexity index is 607. The number of rotatable bonds is 5. The van der Waals surface area contributed by atoms with Gasteiger partial charge in [-0.2, -0.15) is 9.97 Å². The predicted octanol–water partition coefficient (Wildman–Crippen LogP) is 2.55. The number of halogens is 1. The van der Waals surface area contributed by atoms with Gasteiger partial charge in [0.15, 0.2) is 0 Å². The summed E-state index contributed by atoms with van der Waals surface area (Å²) in [5.74, 6) is 0.270. The smallest absolute Gasteiger partial charge is 0.330 e. The van der Waals surface area contributed by atoms with Gasteiger partial charge in [-0.25, -0.2) is 4.39 Å². The highest BCUT2D eigenvalue weighted by molar-refractivity contribution is 5.35. The minimum Gasteiger partial charge on any atom is -0.464 e. The second-order valence-electron chi connectivity index (χ2n) is 3.92. The number of hydrogen-bond acceptors (Lipinski definition) is 6. The molecule has 7 heteroatoms. The lowest BCUT2D eigenvalue weighted by molar-refractivity contribution is 0.303. The molecule has 6 nitrogen and oxygen atoms in total. The van der Waals surface area contributed by atoms with Gasteiger partial charge >= 0.3 is 12.0 Å². The monoisotopic (exact) mass is 278 g/mol. The summed E-state index contributed by atoms with van der Waals surface area (Å²) in [5.41, 5.74) is 0.774. The second kappa shape index (κ2) is 6.14. The van der Waals surface area contributed by atoms with Crippen molar-refractivity contribution < 1.29 is 13.9 Å². The predicted molar refractivity (Wildman–Crippen MR) is 71.8 cm³/mol. The first-order valence-corrected chi connectivity index (χ1v) is 6.13. The quantitative estimate of drug-likeness (QED) is 0.906. The average molecular weight is 278 g/mol. The molecule has 0 aliphatic carbocycles. The number of aromatic nitrogens is 3. The van der Waals surface area contributed by atoms with Gasteiger partial charge in [0.1, 0.15) is 11.6 Å². The van der Waals surface area contributed by atoms with Crippen molar-refractivity contribution in [1.29, 1.82) is 0 Å². The SMILES string of the molecule is CCOc1nc(NC)nc(Oc2cc(F)ccc2C)n1. The Labute approximate surface area is 116 Å². The Hall–Kier alpha value is -2.44. The van der Waals surface area contributed by atoms with Crippen LogP contribution in [0, 0.1) is 12.7 Å². The first-order chi connectivity index (χ1) is 9.62. The Morgan fingerprint density at radius 3 is 2.65 bits per heavy atom. The standard InChI is InChI=1S/C13H15FN4O2/c1-4-19-12-16-11(15-3)17-13(18-12)20-10-7-9(14)6-5-8(10)2/h5-7H,4H2,1-3H3,(H,15,16,17,18). The first-order valence-electron chi connectivity index (χ1n) is 6.13. The zero-order valence-electron chi connectivity index (χ0n) is 11.5. The summed E-state index contributed by atoms with van der Waals surface area (Å²) in [6, 6.07) is 4.45. The van der Waals surface area contributed by atoms with E-state index in [2.05, 4.69) is 20.3 Å². The van der Waals surface area contributed by atoms with Crippen LogP contribution >= 0.6 is 0 Å². The maximum absolute atomic E-state index is 13.2. The van der Waals surface area contributed by atoms with E-state index in [0.29, 0.717) is 18.3 Å². The van der Waals surface area contributed by atoms with E-state index in [1.165, 1.54) is 12.1 Å². The molecule has 0 radical (unpaired) electrons. The Balaban J connectivity index is 2.32. The highest BCUT2D eigenvalue weighted by Gasteiger charge is 2.10. The fourth-order valence-electron chi connectivity index (χ4n) is 1.47. The third kappa shape index (κ3) is 3.31. The van der Waals surface area contributed by atoms with Crippen LogP contribution in [0.25, 0.3) is 0 Å². The van der Waals surface area contributed by atoms with Gasteiger partial charge in [0, 0.05) is 13.1 Å². The summed E-state index contributed by atoms with van der Waals surface area (Å²) in [6.45, 7) is 4.05. The Morgan fingerprint density at radius 1 is 1.20 bits per heavy atom. The molecule has 0 atom stereocenters. The van der Waals surface area contributed by atoms with E-state index >= 15 is 0 Å². The van der Waals surface area contributed by atoms with Crippen LogP contribution in [-0.2, 0) is 0 Å². The largest absolute Gasteiger partial charge is 0.464 e. The van der Waals surface area contributed by atoms with Crippen molar-refractivity contribution >= 4 is 5.95 Å². The fraction of sp³-hybridized carbons (Fsp3) is 0.308. The van der Waals surface area contributed by atoms with Crippen molar-refractivity contribution in [3.05, 3.63) is 29.6 Å². The van der Waals surface area contributed by atoms with Crippen LogP contribution in [0.5, 0.6) is 17.8 Å². The molecular weight excluding hydrogens is 263 g/mol. The summed E-state index contributed by atoms with van der Waals surface area (Å²) >= 11 is 0. The van der Waals surface area contributed by atoms with Crippen molar-refractivity contribution in [3.8, 4) is 17.8 Å². The van der Waals surface area contributed by atoms with Gasteiger partial charge in [0.25, 0.3) is 0 Å². The second-order valence-corrected chi connectivity index (χ2v) is 3.92. The lowest BCUT2D eigenvalue weighted by Crippen LogP contribution is -2.05. The Morgan fingerprint density at radius 2 is 1.95 bits per heavy atom. The molecule has 0 bridgehead atoms. The van der Waals surface area contributed by atoms with Crippen LogP contribution in [0.1, 0.15) is 12.5 Å². The molecule has 0 unspecified atom stereocenters. The molecule has 1 aromatic carbocycles. The van der Waals surface area contributed by atoms with Gasteiger partial charge < -0.3 is 14.8 Å². The number of nitrogens with zero attached hydrogens (tertiary/aromatic N) is 3. The molecule has 1 aromatic heterocycles. The van der Waals surface area contributed by atoms with Gasteiger partial charge in [-0.15, -0.1) is 4.98 Å². The summed E-state index contributed by atoms with van der Waals surface area (Å²) in [4.78, 5) is 12.1. The van der Waals surface area contributed by atoms with Crippen molar-refractivity contribution in [2.75, 3.05) is 19.0 Å². The zero-order chi connectivity index (χ0) is 14.5. The summed E-state index contributed by atoms with van der Waals surface area (Å²) in [7, 11) is 1.67. The van der Waals surface area contributed by atoms with E-state index in [-0.39, 0.29) is 12.0 Å². The lowest BCUT2D eigenvalue weighted by atomic mass is 10.2. The van der Waals surface area contributed by atoms with Crippen LogP contribution in [-0.4, -0.2) is 28.6 Å². The molecule has 0 saturated heterocycles. The molecule has 106 valence electrons. The normalized spacial score (nSPS) is 10.2. The molecule has 0 aliphatic rings. The highest BCUT2D eigenvalue weighted by atomic mass is 19.1. The van der Waals surface area contributed by atoms with Crippen molar-refractivity contribution in [1.82, 2.24) is 15.0 Å². The van der Waals surface area contributed by atoms with Gasteiger partial charge in [0.2, 0.25) is 5.95 Å². The molecule has 20 heavy (non-hydrogen) atoms. The summed E-state index contributed by atoms with van der Waals surface area (Å²) in [6.07, 6.45) is 0. The van der Waals surface area contributed by atoms with E-state index in [1.807, 2.05) is 6.92 Å². The number of benzene rings is 1. The maximum Gasteiger partial charge on any atom is 0.330 e. The van der Waals surface area contributed by atoms with Crippen LogP contribution in [0.15, 0.2) is 18.2 Å². The van der Waals surface area contributed by atoms with Crippen molar-refractivity contribution in [2.45, 2.75) is 13.8 Å². The average Bonchev–Trinajstić information content (AvgIpc) is 2.43. The molecule has 0 aliphatic heterocycles. The number of anilines is 1. The minimum absolute atomic E-state index is 0.0431. The third-order valence-electron chi connectivity index (χ3n) is 2.44. The van der Waals surface area contributed by atoms with E-state index in [4.69, 9.17) is 9.47 Å². The fourth-order valence-corrected chi connectivity index (χ4v) is 1.47. The first kappa shape index (κ1) is 14.0. The van der Waals surface area contributed by atoms with E-state index in [0.717, 1.165) is 5.56 Å². The molecule has 2 aromatic rings. The molecular formula is C13H15FN4O2. The molecule has 0 fully saturated rings. The van der Waals surface area contributed by atoms with E-state index in [9.17, 15) is 4.39 Å². The van der Waals surface area contributed by atoms with Gasteiger partial charge in [-0.3, -0.25) is 0 Å². The van der Waals surface area contributed by atoms with Crippen LogP contribution < -0.4 is 14.8 Å². The van der Waals surface area contributed by atoms with Crippen molar-refractivity contribution in [2.24, 2.45) is 0 Å². The van der Waals surface area contributed by atoms with Crippen LogP contribution in [0.3, 0.4) is 0 Å². The van der Waals surface area contributed by atoms with E-state index in [1.54, 1.807) is 20.0 Å². The molecule has 1 heterocycles. The van der Waals surface area contributed by atoms with Crippen molar-refractivity contribution in [3.63, 3.8) is 0 Å². The molecule has 2 rings (SSSR count). The number of hydrogen-bond donors (Lipinski definition) is 1. The molecule has 1 N–H and O–H groups in total. The lowest BCUT2D eigenvalue weighted by Gasteiger charge is -2.09. The molecule has 0 amide bonds. The zero-order valence-corrected chi connectivity index (χ0v) is 11.5.